The van der Waals surface area contributed by atoms with Crippen LogP contribution in [0.5, 0.6) is 0 Å². The van der Waals surface area contributed by atoms with Crippen LogP contribution in [0.3, 0.4) is 0 Å². The molecule has 1 radical (unpaired) electrons. The summed E-state index contributed by atoms with van der Waals surface area (Å²) < 4.78 is 3.32. The predicted molar refractivity (Wildman–Crippen MR) is 92.2 cm³/mol. The summed E-state index contributed by atoms with van der Waals surface area (Å²) in [6.45, 7) is 13.5. The van der Waals surface area contributed by atoms with Crippen molar-refractivity contribution in [2.45, 2.75) is 47.3 Å². The zero-order valence-electron chi connectivity index (χ0n) is 13.8. The quantitative estimate of drug-likeness (QED) is 0.737. The van der Waals surface area contributed by atoms with E-state index in [0.29, 0.717) is 0 Å². The molecule has 2 aromatic rings. The van der Waals surface area contributed by atoms with E-state index in [9.17, 15) is 0 Å². The van der Waals surface area contributed by atoms with Crippen molar-refractivity contribution in [1.29, 1.82) is 0 Å². The molecule has 2 aromatic carbocycles. The van der Waals surface area contributed by atoms with Gasteiger partial charge in [-0.05, 0) is 0 Å². The molecule has 105 valence electrons. The molecule has 1 heteroatoms. The number of hydrogen-bond donors (Lipinski definition) is 0. The van der Waals surface area contributed by atoms with Crippen LogP contribution in [-0.4, -0.2) is 14.3 Å². The molecular formula is C19H25Ge. The summed E-state index contributed by atoms with van der Waals surface area (Å²) in [5, 5.41) is 0. The Bertz CT molecular complexity index is 549. The molecular weight excluding hydrogens is 301 g/mol. The third kappa shape index (κ3) is 2.85. The summed E-state index contributed by atoms with van der Waals surface area (Å²) in [7, 11) is 0. The van der Waals surface area contributed by atoms with Crippen LogP contribution in [0.15, 0.2) is 24.3 Å². The monoisotopic (exact) mass is 327 g/mol. The summed E-state index contributed by atoms with van der Waals surface area (Å²) in [6, 6.07) is 9.38. The van der Waals surface area contributed by atoms with Gasteiger partial charge in [0.2, 0.25) is 0 Å². The third-order valence-corrected chi connectivity index (χ3v) is 10.6. The maximum absolute atomic E-state index is 2.51. The molecule has 0 aliphatic heterocycles. The fourth-order valence-electron chi connectivity index (χ4n) is 3.67. The Balaban J connectivity index is 2.61. The van der Waals surface area contributed by atoms with Gasteiger partial charge in [0.15, 0.2) is 0 Å². The first kappa shape index (κ1) is 15.4. The van der Waals surface area contributed by atoms with E-state index >= 15 is 0 Å². The molecule has 0 amide bonds. The van der Waals surface area contributed by atoms with Gasteiger partial charge in [-0.15, -0.1) is 0 Å². The first-order valence-electron chi connectivity index (χ1n) is 7.31. The molecule has 0 saturated carbocycles. The normalized spacial score (nSPS) is 11.2. The van der Waals surface area contributed by atoms with E-state index in [1.165, 1.54) is 33.4 Å². The van der Waals surface area contributed by atoms with Crippen molar-refractivity contribution in [3.05, 3.63) is 57.6 Å². The second-order valence-corrected chi connectivity index (χ2v) is 10.9. The summed E-state index contributed by atoms with van der Waals surface area (Å²) in [5.74, 6) is 2.51. The third-order valence-electron chi connectivity index (χ3n) is 4.10. The van der Waals surface area contributed by atoms with Crippen molar-refractivity contribution in [1.82, 2.24) is 0 Å². The molecule has 0 bridgehead atoms. The molecule has 0 spiro atoms. The van der Waals surface area contributed by atoms with Crippen molar-refractivity contribution < 1.29 is 0 Å². The first-order valence-corrected chi connectivity index (χ1v) is 11.5. The average Bonchev–Trinajstić information content (AvgIpc) is 2.25. The summed E-state index contributed by atoms with van der Waals surface area (Å²) in [4.78, 5) is 0. The molecule has 0 nitrogen and oxygen atoms in total. The van der Waals surface area contributed by atoms with Gasteiger partial charge in [0.1, 0.15) is 0 Å². The summed E-state index contributed by atoms with van der Waals surface area (Å²) >= 11 is -1.43. The standard InChI is InChI=1S/C19H25Ge/c1-12-8-14(3)18(15(4)9-12)20(7)19-16(5)10-13(2)11-17(19)6/h8-11H,1-7H3. The van der Waals surface area contributed by atoms with Crippen LogP contribution >= 0.6 is 0 Å². The Morgan fingerprint density at radius 1 is 0.550 bits per heavy atom. The van der Waals surface area contributed by atoms with Crippen molar-refractivity contribution in [2.24, 2.45) is 0 Å². The van der Waals surface area contributed by atoms with Gasteiger partial charge in [0.25, 0.3) is 0 Å². The van der Waals surface area contributed by atoms with Crippen LogP contribution in [0.1, 0.15) is 33.4 Å². The molecule has 0 fully saturated rings. The van der Waals surface area contributed by atoms with Crippen LogP contribution in [0.4, 0.5) is 0 Å². The Kier molecular flexibility index (Phi) is 4.43. The van der Waals surface area contributed by atoms with E-state index in [4.69, 9.17) is 0 Å². The van der Waals surface area contributed by atoms with E-state index < -0.39 is 14.3 Å². The van der Waals surface area contributed by atoms with E-state index in [-0.39, 0.29) is 0 Å². The molecule has 0 aliphatic rings. The maximum atomic E-state index is 2.51. The van der Waals surface area contributed by atoms with E-state index in [1.807, 2.05) is 0 Å². The van der Waals surface area contributed by atoms with Gasteiger partial charge in [0.05, 0.1) is 0 Å². The summed E-state index contributed by atoms with van der Waals surface area (Å²) in [6.07, 6.45) is 0. The molecule has 2 rings (SSSR count). The molecule has 0 heterocycles. The van der Waals surface area contributed by atoms with Gasteiger partial charge in [0, 0.05) is 0 Å². The van der Waals surface area contributed by atoms with Crippen LogP contribution in [0, 0.1) is 41.5 Å². The van der Waals surface area contributed by atoms with Gasteiger partial charge < -0.3 is 0 Å². The van der Waals surface area contributed by atoms with Crippen LogP contribution in [0.25, 0.3) is 0 Å². The minimum atomic E-state index is -1.43. The first-order chi connectivity index (χ1) is 9.31. The van der Waals surface area contributed by atoms with Gasteiger partial charge in [-0.1, -0.05) is 0 Å². The van der Waals surface area contributed by atoms with E-state index in [1.54, 1.807) is 8.79 Å². The Morgan fingerprint density at radius 3 is 1.05 bits per heavy atom. The van der Waals surface area contributed by atoms with Gasteiger partial charge in [-0.25, -0.2) is 0 Å². The van der Waals surface area contributed by atoms with Crippen LogP contribution < -0.4 is 8.79 Å². The van der Waals surface area contributed by atoms with Crippen molar-refractivity contribution in [3.63, 3.8) is 0 Å². The van der Waals surface area contributed by atoms with E-state index in [2.05, 4.69) is 71.6 Å². The summed E-state index contributed by atoms with van der Waals surface area (Å²) in [5.41, 5.74) is 8.71. The van der Waals surface area contributed by atoms with Gasteiger partial charge >= 0.3 is 128 Å². The predicted octanol–water partition coefficient (Wildman–Crippen LogP) is 3.78. The second kappa shape index (κ2) is 5.77. The zero-order valence-corrected chi connectivity index (χ0v) is 15.9. The van der Waals surface area contributed by atoms with Crippen molar-refractivity contribution in [2.75, 3.05) is 0 Å². The molecule has 0 unspecified atom stereocenters. The number of aryl methyl sites for hydroxylation is 6. The SMILES string of the molecule is Cc1cc(C)[c]([Ge]([CH3])[c]2c(C)cc(C)cc2C)c(C)c1. The van der Waals surface area contributed by atoms with Gasteiger partial charge in [-0.3, -0.25) is 0 Å². The molecule has 0 saturated heterocycles. The number of rotatable bonds is 2. The average molecular weight is 326 g/mol. The number of hydrogen-bond acceptors (Lipinski definition) is 0. The molecule has 0 aliphatic carbocycles. The van der Waals surface area contributed by atoms with E-state index in [0.717, 1.165) is 0 Å². The fraction of sp³-hybridized carbons (Fsp3) is 0.368. The zero-order chi connectivity index (χ0) is 15.0. The second-order valence-electron chi connectivity index (χ2n) is 6.17. The molecule has 0 N–H and O–H groups in total. The van der Waals surface area contributed by atoms with Gasteiger partial charge in [-0.2, -0.15) is 0 Å². The van der Waals surface area contributed by atoms with Crippen LogP contribution in [0.2, 0.25) is 5.76 Å². The molecule has 0 aromatic heterocycles. The number of benzene rings is 2. The van der Waals surface area contributed by atoms with Crippen molar-refractivity contribution in [3.8, 4) is 0 Å². The van der Waals surface area contributed by atoms with Crippen molar-refractivity contribution >= 4 is 23.1 Å². The molecule has 20 heavy (non-hydrogen) atoms. The molecule has 0 atom stereocenters. The topological polar surface area (TPSA) is 0 Å². The van der Waals surface area contributed by atoms with Crippen LogP contribution in [-0.2, 0) is 0 Å². The Hall–Kier alpha value is -1.02. The Labute approximate surface area is 128 Å². The Morgan fingerprint density at radius 2 is 0.800 bits per heavy atom. The minimum absolute atomic E-state index is 1.38. The fourth-order valence-corrected chi connectivity index (χ4v) is 9.76.